The Hall–Kier alpha value is -1.74. The van der Waals surface area contributed by atoms with Crippen molar-refractivity contribution in [2.75, 3.05) is 13.2 Å². The molecule has 310 valence electrons. The molecule has 0 bridgehead atoms. The highest BCUT2D eigenvalue weighted by Gasteiger charge is 2.39. The zero-order valence-corrected chi connectivity index (χ0v) is 34.3. The first kappa shape index (κ1) is 49.3. The molecular formula is C45H82O8. The molecule has 0 aromatic rings. The van der Waals surface area contributed by atoms with Gasteiger partial charge in [-0.3, -0.25) is 9.59 Å². The largest absolute Gasteiger partial charge is 0.463 e. The maximum absolute atomic E-state index is 12.1. The van der Waals surface area contributed by atoms with Crippen LogP contribution in [0.4, 0.5) is 0 Å². The lowest BCUT2D eigenvalue weighted by molar-refractivity contribution is -0.152. The normalized spacial score (nSPS) is 20.2. The van der Waals surface area contributed by atoms with Crippen molar-refractivity contribution in [2.45, 2.75) is 219 Å². The van der Waals surface area contributed by atoms with Gasteiger partial charge in [-0.15, -0.1) is 0 Å². The Balaban J connectivity index is 1.98. The Morgan fingerprint density at radius 2 is 1.13 bits per heavy atom. The minimum absolute atomic E-state index is 0.117. The van der Waals surface area contributed by atoms with Gasteiger partial charge in [0.25, 0.3) is 0 Å². The van der Waals surface area contributed by atoms with E-state index in [-0.39, 0.29) is 37.4 Å². The number of ether oxygens (including phenoxy) is 2. The molecule has 8 heteroatoms. The first-order valence-electron chi connectivity index (χ1n) is 22.0. The number of hydrogen-bond acceptors (Lipinski definition) is 8. The topological polar surface area (TPSA) is 134 Å². The fourth-order valence-electron chi connectivity index (χ4n) is 7.27. The SMILES string of the molecule is CCCCC[C@H](O)/C=C/[C@@H]1[C@@H](C/C=C/CCCC(=O)OC[C@H](O)COC(=O)CCCCCCCCCCCCCCCCCCC(C)C)[C@@H](O)C[C@H]1O. The van der Waals surface area contributed by atoms with Gasteiger partial charge < -0.3 is 29.9 Å². The zero-order chi connectivity index (χ0) is 38.9. The van der Waals surface area contributed by atoms with Crippen molar-refractivity contribution in [3.05, 3.63) is 24.3 Å². The molecule has 0 aromatic heterocycles. The highest BCUT2D eigenvalue weighted by atomic mass is 16.6. The minimum Gasteiger partial charge on any atom is -0.463 e. The molecule has 1 saturated carbocycles. The lowest BCUT2D eigenvalue weighted by Crippen LogP contribution is -2.25. The van der Waals surface area contributed by atoms with E-state index in [9.17, 15) is 30.0 Å². The van der Waals surface area contributed by atoms with Gasteiger partial charge in [-0.05, 0) is 43.9 Å². The maximum Gasteiger partial charge on any atom is 0.305 e. The molecule has 0 radical (unpaired) electrons. The van der Waals surface area contributed by atoms with Gasteiger partial charge >= 0.3 is 11.9 Å². The summed E-state index contributed by atoms with van der Waals surface area (Å²) in [4.78, 5) is 24.2. The Morgan fingerprint density at radius 3 is 1.66 bits per heavy atom. The van der Waals surface area contributed by atoms with Crippen LogP contribution in [0, 0.1) is 17.8 Å². The number of carbonyl (C=O) groups excluding carboxylic acids is 2. The standard InChI is InChI=1S/C45H82O8/c1-4-5-22-28-38(46)32-33-41-40(42(48)34-43(41)49)29-24-20-21-26-31-45(51)53-36-39(47)35-52-44(50)30-25-19-17-15-13-11-9-7-6-8-10-12-14-16-18-23-27-37(2)3/h20,24,32-33,37-43,46-49H,4-19,21-23,25-31,34-36H2,1-3H3/b24-20+,33-32+/t38-,39+,40+,41+,42-,43+/m0/s1. The Morgan fingerprint density at radius 1 is 0.642 bits per heavy atom. The summed E-state index contributed by atoms with van der Waals surface area (Å²) in [6.07, 6.45) is 33.4. The minimum atomic E-state index is -1.04. The monoisotopic (exact) mass is 751 g/mol. The molecule has 1 aliphatic carbocycles. The van der Waals surface area contributed by atoms with Gasteiger partial charge in [-0.1, -0.05) is 167 Å². The second kappa shape index (κ2) is 33.6. The average Bonchev–Trinajstić information content (AvgIpc) is 3.40. The summed E-state index contributed by atoms with van der Waals surface area (Å²) in [5.74, 6) is -0.201. The second-order valence-electron chi connectivity index (χ2n) is 16.3. The van der Waals surface area contributed by atoms with E-state index in [1.54, 1.807) is 6.08 Å². The van der Waals surface area contributed by atoms with Crippen LogP contribution in [0.5, 0.6) is 0 Å². The summed E-state index contributed by atoms with van der Waals surface area (Å²) in [5, 5.41) is 41.2. The number of esters is 2. The molecule has 0 unspecified atom stereocenters. The summed E-state index contributed by atoms with van der Waals surface area (Å²) in [7, 11) is 0. The molecule has 8 nitrogen and oxygen atoms in total. The van der Waals surface area contributed by atoms with E-state index < -0.39 is 30.4 Å². The van der Waals surface area contributed by atoms with Crippen molar-refractivity contribution in [3.8, 4) is 0 Å². The molecule has 0 spiro atoms. The van der Waals surface area contributed by atoms with E-state index in [2.05, 4.69) is 20.8 Å². The van der Waals surface area contributed by atoms with E-state index in [0.717, 1.165) is 44.4 Å². The van der Waals surface area contributed by atoms with Gasteiger partial charge in [0.1, 0.15) is 19.3 Å². The van der Waals surface area contributed by atoms with Crippen molar-refractivity contribution in [1.29, 1.82) is 0 Å². The Bertz CT molecular complexity index is 933. The van der Waals surface area contributed by atoms with Crippen LogP contribution in [-0.2, 0) is 19.1 Å². The van der Waals surface area contributed by atoms with Crippen LogP contribution in [0.2, 0.25) is 0 Å². The van der Waals surface area contributed by atoms with Crippen molar-refractivity contribution in [2.24, 2.45) is 17.8 Å². The first-order chi connectivity index (χ1) is 25.6. The average molecular weight is 751 g/mol. The van der Waals surface area contributed by atoms with Crippen LogP contribution in [0.1, 0.15) is 194 Å². The lowest BCUT2D eigenvalue weighted by atomic mass is 9.89. The predicted molar refractivity (Wildman–Crippen MR) is 216 cm³/mol. The highest BCUT2D eigenvalue weighted by Crippen LogP contribution is 2.36. The summed E-state index contributed by atoms with van der Waals surface area (Å²) >= 11 is 0. The summed E-state index contributed by atoms with van der Waals surface area (Å²) in [5.41, 5.74) is 0. The summed E-state index contributed by atoms with van der Waals surface area (Å²) in [6, 6.07) is 0. The van der Waals surface area contributed by atoms with Crippen LogP contribution in [-0.4, -0.2) is 70.0 Å². The molecule has 1 rings (SSSR count). The van der Waals surface area contributed by atoms with E-state index in [1.807, 2.05) is 18.2 Å². The van der Waals surface area contributed by atoms with Crippen LogP contribution in [0.25, 0.3) is 0 Å². The molecular weight excluding hydrogens is 668 g/mol. The number of aliphatic hydroxyl groups is 4. The first-order valence-corrected chi connectivity index (χ1v) is 22.0. The third-order valence-electron chi connectivity index (χ3n) is 10.7. The van der Waals surface area contributed by atoms with Gasteiger partial charge in [0.05, 0.1) is 18.3 Å². The fourth-order valence-corrected chi connectivity index (χ4v) is 7.27. The fraction of sp³-hybridized carbons (Fsp3) is 0.867. The molecule has 4 N–H and O–H groups in total. The number of carbonyl (C=O) groups is 2. The number of unbranched alkanes of at least 4 members (excludes halogenated alkanes) is 18. The van der Waals surface area contributed by atoms with Crippen molar-refractivity contribution in [3.63, 3.8) is 0 Å². The quantitative estimate of drug-likeness (QED) is 0.0286. The van der Waals surface area contributed by atoms with Crippen LogP contribution in [0.15, 0.2) is 24.3 Å². The molecule has 1 aliphatic rings. The van der Waals surface area contributed by atoms with Crippen molar-refractivity contribution in [1.82, 2.24) is 0 Å². The summed E-state index contributed by atoms with van der Waals surface area (Å²) < 4.78 is 10.3. The van der Waals surface area contributed by atoms with Crippen molar-refractivity contribution < 1.29 is 39.5 Å². The highest BCUT2D eigenvalue weighted by molar-refractivity contribution is 5.69. The van der Waals surface area contributed by atoms with E-state index in [0.29, 0.717) is 38.5 Å². The second-order valence-corrected chi connectivity index (χ2v) is 16.3. The molecule has 0 amide bonds. The third-order valence-corrected chi connectivity index (χ3v) is 10.7. The molecule has 6 atom stereocenters. The van der Waals surface area contributed by atoms with Gasteiger partial charge in [-0.25, -0.2) is 0 Å². The van der Waals surface area contributed by atoms with E-state index >= 15 is 0 Å². The summed E-state index contributed by atoms with van der Waals surface area (Å²) in [6.45, 7) is 6.37. The van der Waals surface area contributed by atoms with Crippen LogP contribution >= 0.6 is 0 Å². The molecule has 0 heterocycles. The Labute approximate surface area is 324 Å². The number of allylic oxidation sites excluding steroid dienone is 2. The van der Waals surface area contributed by atoms with Crippen molar-refractivity contribution >= 4 is 11.9 Å². The van der Waals surface area contributed by atoms with E-state index in [4.69, 9.17) is 9.47 Å². The van der Waals surface area contributed by atoms with Crippen LogP contribution < -0.4 is 0 Å². The molecule has 0 aliphatic heterocycles. The van der Waals surface area contributed by atoms with E-state index in [1.165, 1.54) is 89.9 Å². The Kier molecular flexibility index (Phi) is 31.2. The predicted octanol–water partition coefficient (Wildman–Crippen LogP) is 10.1. The van der Waals surface area contributed by atoms with Gasteiger partial charge in [0, 0.05) is 25.2 Å². The number of rotatable bonds is 35. The zero-order valence-electron chi connectivity index (χ0n) is 34.3. The van der Waals surface area contributed by atoms with Crippen LogP contribution in [0.3, 0.4) is 0 Å². The number of aliphatic hydroxyl groups excluding tert-OH is 4. The molecule has 53 heavy (non-hydrogen) atoms. The molecule has 0 aromatic carbocycles. The van der Waals surface area contributed by atoms with Gasteiger partial charge in [0.15, 0.2) is 0 Å². The molecule has 1 fully saturated rings. The molecule has 0 saturated heterocycles. The van der Waals surface area contributed by atoms with Gasteiger partial charge in [0.2, 0.25) is 0 Å². The number of hydrogen-bond donors (Lipinski definition) is 4. The lowest BCUT2D eigenvalue weighted by Gasteiger charge is -2.19. The smallest absolute Gasteiger partial charge is 0.305 e. The van der Waals surface area contributed by atoms with Gasteiger partial charge in [-0.2, -0.15) is 0 Å². The third kappa shape index (κ3) is 28.3. The maximum atomic E-state index is 12.1.